The summed E-state index contributed by atoms with van der Waals surface area (Å²) in [6, 6.07) is 2.39. The average Bonchev–Trinajstić information content (AvgIpc) is 2.85. The van der Waals surface area contributed by atoms with Crippen LogP contribution < -0.4 is 5.32 Å². The number of piperidine rings is 1. The van der Waals surface area contributed by atoms with Crippen LogP contribution in [0.3, 0.4) is 0 Å². The Bertz CT molecular complexity index is 312. The minimum absolute atomic E-state index is 0.462. The summed E-state index contributed by atoms with van der Waals surface area (Å²) in [5.74, 6) is 1.02. The SMILES string of the molecule is CNC1C(N2CCCC3CCCC32)CCCC1(C)C. The Hall–Kier alpha value is -0.0800. The van der Waals surface area contributed by atoms with Gasteiger partial charge in [-0.15, -0.1) is 0 Å². The van der Waals surface area contributed by atoms with Gasteiger partial charge in [-0.2, -0.15) is 0 Å². The van der Waals surface area contributed by atoms with Crippen molar-refractivity contribution >= 4 is 0 Å². The van der Waals surface area contributed by atoms with Crippen LogP contribution in [0.2, 0.25) is 0 Å². The van der Waals surface area contributed by atoms with E-state index in [1.54, 1.807) is 0 Å². The molecule has 1 saturated heterocycles. The summed E-state index contributed by atoms with van der Waals surface area (Å²) in [6.45, 7) is 6.30. The summed E-state index contributed by atoms with van der Waals surface area (Å²) in [4.78, 5) is 2.93. The van der Waals surface area contributed by atoms with Crippen LogP contribution in [0.1, 0.15) is 65.2 Å². The molecule has 1 heterocycles. The van der Waals surface area contributed by atoms with E-state index in [9.17, 15) is 0 Å². The van der Waals surface area contributed by atoms with Crippen LogP contribution in [0.25, 0.3) is 0 Å². The molecule has 0 aromatic carbocycles. The maximum Gasteiger partial charge on any atom is 0.0271 e. The first-order valence-corrected chi connectivity index (χ1v) is 8.56. The van der Waals surface area contributed by atoms with E-state index in [0.29, 0.717) is 11.5 Å². The summed E-state index contributed by atoms with van der Waals surface area (Å²) in [5.41, 5.74) is 0.462. The van der Waals surface area contributed by atoms with Gasteiger partial charge in [-0.25, -0.2) is 0 Å². The molecule has 2 heteroatoms. The van der Waals surface area contributed by atoms with Crippen molar-refractivity contribution in [3.8, 4) is 0 Å². The Morgan fingerprint density at radius 1 is 0.947 bits per heavy atom. The number of likely N-dealkylation sites (tertiary alicyclic amines) is 1. The minimum atomic E-state index is 0.462. The van der Waals surface area contributed by atoms with Crippen molar-refractivity contribution < 1.29 is 0 Å². The summed E-state index contributed by atoms with van der Waals surface area (Å²) in [7, 11) is 2.18. The van der Waals surface area contributed by atoms with Gasteiger partial charge in [0.15, 0.2) is 0 Å². The van der Waals surface area contributed by atoms with E-state index in [4.69, 9.17) is 0 Å². The molecule has 2 aliphatic carbocycles. The summed E-state index contributed by atoms with van der Waals surface area (Å²) in [6.07, 6.45) is 11.6. The Labute approximate surface area is 119 Å². The molecule has 19 heavy (non-hydrogen) atoms. The number of hydrogen-bond acceptors (Lipinski definition) is 2. The zero-order valence-electron chi connectivity index (χ0n) is 13.1. The van der Waals surface area contributed by atoms with E-state index in [1.165, 1.54) is 57.9 Å². The third kappa shape index (κ3) is 2.47. The van der Waals surface area contributed by atoms with Gasteiger partial charge in [0.05, 0.1) is 0 Å². The van der Waals surface area contributed by atoms with Gasteiger partial charge in [0.1, 0.15) is 0 Å². The normalized spacial score (nSPS) is 43.1. The van der Waals surface area contributed by atoms with E-state index in [2.05, 4.69) is 31.1 Å². The smallest absolute Gasteiger partial charge is 0.0271 e. The van der Waals surface area contributed by atoms with Crippen molar-refractivity contribution in [1.82, 2.24) is 10.2 Å². The topological polar surface area (TPSA) is 15.3 Å². The number of hydrogen-bond donors (Lipinski definition) is 1. The highest BCUT2D eigenvalue weighted by atomic mass is 15.2. The number of rotatable bonds is 2. The third-order valence-corrected chi connectivity index (χ3v) is 6.32. The molecule has 0 spiro atoms. The molecular formula is C17H32N2. The number of nitrogens with zero attached hydrogens (tertiary/aromatic N) is 1. The molecule has 3 fully saturated rings. The molecule has 1 N–H and O–H groups in total. The minimum Gasteiger partial charge on any atom is -0.315 e. The second-order valence-electron chi connectivity index (χ2n) is 7.85. The molecule has 2 saturated carbocycles. The van der Waals surface area contributed by atoms with Gasteiger partial charge < -0.3 is 5.32 Å². The van der Waals surface area contributed by atoms with Crippen LogP contribution in [0.15, 0.2) is 0 Å². The predicted octanol–water partition coefficient (Wildman–Crippen LogP) is 3.42. The van der Waals surface area contributed by atoms with E-state index in [0.717, 1.165) is 18.0 Å². The van der Waals surface area contributed by atoms with Crippen LogP contribution in [0.4, 0.5) is 0 Å². The molecule has 3 aliphatic rings. The molecule has 1 aliphatic heterocycles. The van der Waals surface area contributed by atoms with Gasteiger partial charge in [-0.05, 0) is 63.5 Å². The lowest BCUT2D eigenvalue weighted by Gasteiger charge is -2.52. The zero-order chi connectivity index (χ0) is 13.5. The van der Waals surface area contributed by atoms with Crippen molar-refractivity contribution in [1.29, 1.82) is 0 Å². The Morgan fingerprint density at radius 2 is 1.68 bits per heavy atom. The molecule has 2 nitrogen and oxygen atoms in total. The molecule has 0 radical (unpaired) electrons. The standard InChI is InChI=1S/C17H32N2/c1-17(2)11-5-10-15(16(17)18-3)19-12-6-8-13-7-4-9-14(13)19/h13-16,18H,4-12H2,1-3H3. The van der Waals surface area contributed by atoms with Gasteiger partial charge in [0.2, 0.25) is 0 Å². The second-order valence-corrected chi connectivity index (χ2v) is 7.85. The van der Waals surface area contributed by atoms with Gasteiger partial charge in [0, 0.05) is 18.1 Å². The number of nitrogens with one attached hydrogen (secondary N) is 1. The molecule has 4 unspecified atom stereocenters. The first kappa shape index (κ1) is 13.9. The third-order valence-electron chi connectivity index (χ3n) is 6.32. The van der Waals surface area contributed by atoms with Gasteiger partial charge in [0.25, 0.3) is 0 Å². The quantitative estimate of drug-likeness (QED) is 0.822. The van der Waals surface area contributed by atoms with Gasteiger partial charge >= 0.3 is 0 Å². The van der Waals surface area contributed by atoms with Crippen LogP contribution in [0.5, 0.6) is 0 Å². The maximum absolute atomic E-state index is 3.68. The molecule has 0 bridgehead atoms. The molecular weight excluding hydrogens is 232 g/mol. The van der Waals surface area contributed by atoms with Crippen LogP contribution in [0, 0.1) is 11.3 Å². The van der Waals surface area contributed by atoms with E-state index in [-0.39, 0.29) is 0 Å². The fourth-order valence-electron chi connectivity index (χ4n) is 5.45. The number of fused-ring (bicyclic) bond motifs is 1. The molecule has 3 rings (SSSR count). The van der Waals surface area contributed by atoms with Crippen LogP contribution in [-0.2, 0) is 0 Å². The fraction of sp³-hybridized carbons (Fsp3) is 1.00. The largest absolute Gasteiger partial charge is 0.315 e. The van der Waals surface area contributed by atoms with Gasteiger partial charge in [-0.1, -0.05) is 26.7 Å². The molecule has 110 valence electrons. The molecule has 4 atom stereocenters. The average molecular weight is 264 g/mol. The summed E-state index contributed by atoms with van der Waals surface area (Å²) >= 11 is 0. The first-order chi connectivity index (χ1) is 9.13. The summed E-state index contributed by atoms with van der Waals surface area (Å²) < 4.78 is 0. The first-order valence-electron chi connectivity index (χ1n) is 8.56. The highest BCUT2D eigenvalue weighted by Crippen LogP contribution is 2.43. The molecule has 0 aromatic heterocycles. The highest BCUT2D eigenvalue weighted by molar-refractivity contribution is 5.01. The van der Waals surface area contributed by atoms with Gasteiger partial charge in [-0.3, -0.25) is 4.90 Å². The Balaban J connectivity index is 1.79. The van der Waals surface area contributed by atoms with Crippen LogP contribution >= 0.6 is 0 Å². The Morgan fingerprint density at radius 3 is 2.47 bits per heavy atom. The maximum atomic E-state index is 3.68. The predicted molar refractivity (Wildman–Crippen MR) is 81.3 cm³/mol. The van der Waals surface area contributed by atoms with Crippen molar-refractivity contribution in [3.63, 3.8) is 0 Å². The van der Waals surface area contributed by atoms with Crippen molar-refractivity contribution in [2.45, 2.75) is 83.3 Å². The van der Waals surface area contributed by atoms with Crippen molar-refractivity contribution in [3.05, 3.63) is 0 Å². The fourth-order valence-corrected chi connectivity index (χ4v) is 5.45. The lowest BCUT2D eigenvalue weighted by atomic mass is 9.69. The summed E-state index contributed by atoms with van der Waals surface area (Å²) in [5, 5.41) is 3.68. The van der Waals surface area contributed by atoms with E-state index < -0.39 is 0 Å². The van der Waals surface area contributed by atoms with E-state index >= 15 is 0 Å². The monoisotopic (exact) mass is 264 g/mol. The van der Waals surface area contributed by atoms with Crippen molar-refractivity contribution in [2.75, 3.05) is 13.6 Å². The second kappa shape index (κ2) is 5.37. The van der Waals surface area contributed by atoms with E-state index in [1.807, 2.05) is 0 Å². The zero-order valence-corrected chi connectivity index (χ0v) is 13.1. The molecule has 0 amide bonds. The number of likely N-dealkylation sites (N-methyl/N-ethyl adjacent to an activating group) is 1. The molecule has 0 aromatic rings. The Kier molecular flexibility index (Phi) is 3.92. The highest BCUT2D eigenvalue weighted by Gasteiger charge is 2.45. The lowest BCUT2D eigenvalue weighted by Crippen LogP contribution is -2.61. The van der Waals surface area contributed by atoms with Crippen molar-refractivity contribution in [2.24, 2.45) is 11.3 Å². The lowest BCUT2D eigenvalue weighted by molar-refractivity contribution is -0.00321. The van der Waals surface area contributed by atoms with Crippen LogP contribution in [-0.4, -0.2) is 36.6 Å².